The van der Waals surface area contributed by atoms with Gasteiger partial charge in [0.05, 0.1) is 11.1 Å². The highest BCUT2D eigenvalue weighted by molar-refractivity contribution is 6.30. The molecule has 0 saturated carbocycles. The molecule has 1 aromatic carbocycles. The molecule has 0 saturated heterocycles. The van der Waals surface area contributed by atoms with E-state index in [4.69, 9.17) is 16.3 Å². The number of halogens is 2. The van der Waals surface area contributed by atoms with Gasteiger partial charge in [-0.25, -0.2) is 4.39 Å². The van der Waals surface area contributed by atoms with Gasteiger partial charge >= 0.3 is 0 Å². The van der Waals surface area contributed by atoms with Crippen molar-refractivity contribution in [3.8, 4) is 0 Å². The first-order valence-corrected chi connectivity index (χ1v) is 6.16. The van der Waals surface area contributed by atoms with Crippen molar-refractivity contribution in [3.05, 3.63) is 34.6 Å². The molecular formula is C13H15ClFNO. The van der Waals surface area contributed by atoms with E-state index >= 15 is 0 Å². The Morgan fingerprint density at radius 1 is 1.59 bits per heavy atom. The van der Waals surface area contributed by atoms with Crippen molar-refractivity contribution in [2.45, 2.75) is 31.7 Å². The zero-order valence-corrected chi connectivity index (χ0v) is 10.5. The summed E-state index contributed by atoms with van der Waals surface area (Å²) in [5.41, 5.74) is 1.07. The highest BCUT2D eigenvalue weighted by Crippen LogP contribution is 2.29. The maximum atomic E-state index is 13.1. The normalized spacial score (nSPS) is 20.3. The van der Waals surface area contributed by atoms with E-state index in [0.29, 0.717) is 12.5 Å². The Labute approximate surface area is 105 Å². The van der Waals surface area contributed by atoms with E-state index in [0.717, 1.165) is 18.4 Å². The zero-order chi connectivity index (χ0) is 12.3. The number of ether oxygens (including phenoxy) is 1. The molecule has 2 atom stereocenters. The number of hydrogen-bond acceptors (Lipinski definition) is 2. The minimum absolute atomic E-state index is 0.187. The molecule has 0 aliphatic carbocycles. The van der Waals surface area contributed by atoms with Gasteiger partial charge in [0.25, 0.3) is 0 Å². The summed E-state index contributed by atoms with van der Waals surface area (Å²) in [4.78, 5) is 4.23. The molecule has 2 rings (SSSR count). The Hall–Kier alpha value is -1.09. The molecule has 1 heterocycles. The average Bonchev–Trinajstić information content (AvgIpc) is 2.82. The van der Waals surface area contributed by atoms with E-state index in [-0.39, 0.29) is 16.9 Å². The molecule has 1 aliphatic heterocycles. The maximum Gasteiger partial charge on any atom is 0.169 e. The maximum absolute atomic E-state index is 13.1. The Morgan fingerprint density at radius 2 is 2.41 bits per heavy atom. The van der Waals surface area contributed by atoms with E-state index in [1.165, 1.54) is 12.5 Å². The van der Waals surface area contributed by atoms with Gasteiger partial charge < -0.3 is 4.74 Å². The molecule has 2 nitrogen and oxygen atoms in total. The van der Waals surface area contributed by atoms with E-state index < -0.39 is 0 Å². The van der Waals surface area contributed by atoms with Crippen molar-refractivity contribution in [2.24, 2.45) is 4.99 Å². The van der Waals surface area contributed by atoms with Gasteiger partial charge in [-0.05, 0) is 36.5 Å². The lowest BCUT2D eigenvalue weighted by Gasteiger charge is -2.17. The molecule has 4 heteroatoms. The molecule has 0 bridgehead atoms. The first-order valence-electron chi connectivity index (χ1n) is 5.79. The van der Waals surface area contributed by atoms with Crippen LogP contribution in [-0.4, -0.2) is 19.0 Å². The lowest BCUT2D eigenvalue weighted by atomic mass is 9.90. The van der Waals surface area contributed by atoms with Crippen LogP contribution in [0.1, 0.15) is 31.2 Å². The third-order valence-corrected chi connectivity index (χ3v) is 3.39. The fourth-order valence-corrected chi connectivity index (χ4v) is 2.28. The van der Waals surface area contributed by atoms with Gasteiger partial charge in [0.1, 0.15) is 12.4 Å². The smallest absolute Gasteiger partial charge is 0.169 e. The summed E-state index contributed by atoms with van der Waals surface area (Å²) in [7, 11) is 0. The monoisotopic (exact) mass is 255 g/mol. The molecule has 0 fully saturated rings. The highest BCUT2D eigenvalue weighted by atomic mass is 35.5. The van der Waals surface area contributed by atoms with Gasteiger partial charge in [-0.15, -0.1) is 0 Å². The van der Waals surface area contributed by atoms with E-state index in [1.54, 1.807) is 12.1 Å². The van der Waals surface area contributed by atoms with Crippen LogP contribution in [0.2, 0.25) is 5.02 Å². The molecule has 1 aliphatic rings. The molecule has 1 aromatic rings. The Balaban J connectivity index is 2.10. The van der Waals surface area contributed by atoms with E-state index in [9.17, 15) is 4.39 Å². The minimum atomic E-state index is -0.368. The largest absolute Gasteiger partial charge is 0.481 e. The summed E-state index contributed by atoms with van der Waals surface area (Å²) in [6.45, 7) is 2.76. The molecule has 17 heavy (non-hydrogen) atoms. The van der Waals surface area contributed by atoms with E-state index in [2.05, 4.69) is 11.9 Å². The Kier molecular flexibility index (Phi) is 4.00. The quantitative estimate of drug-likeness (QED) is 0.802. The molecule has 2 unspecified atom stereocenters. The predicted molar refractivity (Wildman–Crippen MR) is 67.3 cm³/mol. The number of hydrogen-bond donors (Lipinski definition) is 0. The molecule has 0 amide bonds. The SMILES string of the molecule is CCC(CC1COC=N1)c1ccc(F)c(Cl)c1. The summed E-state index contributed by atoms with van der Waals surface area (Å²) >= 11 is 5.80. The zero-order valence-electron chi connectivity index (χ0n) is 9.70. The van der Waals surface area contributed by atoms with Crippen LogP contribution in [-0.2, 0) is 4.74 Å². The van der Waals surface area contributed by atoms with Gasteiger partial charge in [-0.2, -0.15) is 0 Å². The third kappa shape index (κ3) is 2.97. The van der Waals surface area contributed by atoms with Crippen molar-refractivity contribution < 1.29 is 9.13 Å². The fourth-order valence-electron chi connectivity index (χ4n) is 2.09. The van der Waals surface area contributed by atoms with Crippen molar-refractivity contribution in [2.75, 3.05) is 6.61 Å². The number of aliphatic imine (C=N–C) groups is 1. The first kappa shape index (κ1) is 12.4. The topological polar surface area (TPSA) is 21.6 Å². The predicted octanol–water partition coefficient (Wildman–Crippen LogP) is 3.79. The molecule has 92 valence electrons. The van der Waals surface area contributed by atoms with Crippen LogP contribution in [0, 0.1) is 5.82 Å². The highest BCUT2D eigenvalue weighted by Gasteiger charge is 2.19. The number of benzene rings is 1. The number of nitrogens with zero attached hydrogens (tertiary/aromatic N) is 1. The summed E-state index contributed by atoms with van der Waals surface area (Å²) in [5, 5.41) is 0.187. The minimum Gasteiger partial charge on any atom is -0.481 e. The molecular weight excluding hydrogens is 241 g/mol. The summed E-state index contributed by atoms with van der Waals surface area (Å²) in [6, 6.07) is 5.15. The summed E-state index contributed by atoms with van der Waals surface area (Å²) in [6.07, 6.45) is 3.40. The van der Waals surface area contributed by atoms with Crippen LogP contribution in [0.25, 0.3) is 0 Å². The average molecular weight is 256 g/mol. The Bertz CT molecular complexity index is 422. The van der Waals surface area contributed by atoms with Gasteiger partial charge in [0.2, 0.25) is 0 Å². The molecule has 0 N–H and O–H groups in total. The second-order valence-corrected chi connectivity index (χ2v) is 4.66. The molecule has 0 radical (unpaired) electrons. The standard InChI is InChI=1S/C13H15ClFNO/c1-2-9(5-11-7-17-8-16-11)10-3-4-13(15)12(14)6-10/h3-4,6,8-9,11H,2,5,7H2,1H3. The van der Waals surface area contributed by atoms with Crippen LogP contribution in [0.5, 0.6) is 0 Å². The van der Waals surface area contributed by atoms with Gasteiger partial charge in [-0.3, -0.25) is 4.99 Å². The van der Waals surface area contributed by atoms with Crippen LogP contribution in [0.15, 0.2) is 23.2 Å². The van der Waals surface area contributed by atoms with Crippen LogP contribution < -0.4 is 0 Å². The number of rotatable bonds is 4. The van der Waals surface area contributed by atoms with Crippen LogP contribution in [0.3, 0.4) is 0 Å². The van der Waals surface area contributed by atoms with Crippen LogP contribution >= 0.6 is 11.6 Å². The summed E-state index contributed by atoms with van der Waals surface area (Å²) in [5.74, 6) is -0.0237. The second-order valence-electron chi connectivity index (χ2n) is 4.26. The van der Waals surface area contributed by atoms with Crippen molar-refractivity contribution >= 4 is 18.0 Å². The fraction of sp³-hybridized carbons (Fsp3) is 0.462. The van der Waals surface area contributed by atoms with Crippen molar-refractivity contribution in [1.82, 2.24) is 0 Å². The molecule has 0 aromatic heterocycles. The van der Waals surface area contributed by atoms with E-state index in [1.807, 2.05) is 0 Å². The molecule has 0 spiro atoms. The van der Waals surface area contributed by atoms with Gasteiger partial charge in [0, 0.05) is 0 Å². The van der Waals surface area contributed by atoms with Gasteiger partial charge in [0.15, 0.2) is 6.40 Å². The second kappa shape index (κ2) is 5.50. The lowest BCUT2D eigenvalue weighted by molar-refractivity contribution is 0.314. The lowest BCUT2D eigenvalue weighted by Crippen LogP contribution is -2.12. The summed E-state index contributed by atoms with van der Waals surface area (Å²) < 4.78 is 18.2. The third-order valence-electron chi connectivity index (χ3n) is 3.10. The van der Waals surface area contributed by atoms with Crippen molar-refractivity contribution in [1.29, 1.82) is 0 Å². The first-order chi connectivity index (χ1) is 8.20. The van der Waals surface area contributed by atoms with Crippen molar-refractivity contribution in [3.63, 3.8) is 0 Å². The Morgan fingerprint density at radius 3 is 3.00 bits per heavy atom. The van der Waals surface area contributed by atoms with Crippen LogP contribution in [0.4, 0.5) is 4.39 Å². The van der Waals surface area contributed by atoms with Gasteiger partial charge in [-0.1, -0.05) is 24.6 Å².